The van der Waals surface area contributed by atoms with E-state index in [4.69, 9.17) is 4.55 Å². The first-order valence-corrected chi connectivity index (χ1v) is 6.74. The Labute approximate surface area is 109 Å². The second-order valence-corrected chi connectivity index (χ2v) is 5.27. The van der Waals surface area contributed by atoms with Crippen LogP contribution in [-0.2, 0) is 10.1 Å². The smallest absolute Gasteiger partial charge is 0.294 e. The van der Waals surface area contributed by atoms with Crippen LogP contribution >= 0.6 is 0 Å². The summed E-state index contributed by atoms with van der Waals surface area (Å²) >= 11 is 0. The zero-order valence-corrected chi connectivity index (χ0v) is 10.5. The fraction of sp³-hybridized carbons (Fsp3) is 0. The van der Waals surface area contributed by atoms with Gasteiger partial charge in [0.1, 0.15) is 5.75 Å². The Morgan fingerprint density at radius 2 is 1.63 bits per heavy atom. The second kappa shape index (κ2) is 4.83. The van der Waals surface area contributed by atoms with Gasteiger partial charge in [-0.15, -0.1) is 0 Å². The van der Waals surface area contributed by atoms with Crippen LogP contribution in [0.15, 0.2) is 53.4 Å². The predicted octanol–water partition coefficient (Wildman–Crippen LogP) is 1.87. The van der Waals surface area contributed by atoms with Gasteiger partial charge >= 0.3 is 0 Å². The Hall–Kier alpha value is -2.18. The fourth-order valence-corrected chi connectivity index (χ4v) is 2.11. The predicted molar refractivity (Wildman–Crippen MR) is 67.8 cm³/mol. The zero-order valence-electron chi connectivity index (χ0n) is 9.65. The van der Waals surface area contributed by atoms with E-state index >= 15 is 0 Å². The monoisotopic (exact) mass is 278 g/mol. The molecule has 0 aliphatic heterocycles. The largest absolute Gasteiger partial charge is 0.507 e. The first kappa shape index (κ1) is 13.3. The molecule has 19 heavy (non-hydrogen) atoms. The first-order chi connectivity index (χ1) is 8.89. The molecule has 0 saturated heterocycles. The molecule has 0 heterocycles. The van der Waals surface area contributed by atoms with Crippen LogP contribution < -0.4 is 0 Å². The molecule has 2 rings (SSSR count). The molecule has 0 aromatic heterocycles. The van der Waals surface area contributed by atoms with Crippen molar-refractivity contribution in [1.29, 1.82) is 0 Å². The van der Waals surface area contributed by atoms with Crippen molar-refractivity contribution in [2.24, 2.45) is 0 Å². The summed E-state index contributed by atoms with van der Waals surface area (Å²) in [7, 11) is -4.40. The van der Waals surface area contributed by atoms with E-state index in [1.54, 1.807) is 30.3 Å². The van der Waals surface area contributed by atoms with Gasteiger partial charge < -0.3 is 5.11 Å². The zero-order chi connectivity index (χ0) is 14.0. The maximum absolute atomic E-state index is 12.1. The summed E-state index contributed by atoms with van der Waals surface area (Å²) in [5.41, 5.74) is 0.344. The molecule has 0 amide bonds. The number of phenolic OH excluding ortho intramolecular Hbond substituents is 1. The Kier molecular flexibility index (Phi) is 3.37. The highest BCUT2D eigenvalue weighted by Gasteiger charge is 2.17. The van der Waals surface area contributed by atoms with Gasteiger partial charge in [-0.05, 0) is 12.1 Å². The third-order valence-electron chi connectivity index (χ3n) is 2.55. The van der Waals surface area contributed by atoms with E-state index in [9.17, 15) is 18.3 Å². The molecule has 0 spiro atoms. The summed E-state index contributed by atoms with van der Waals surface area (Å²) in [6.07, 6.45) is 0. The highest BCUT2D eigenvalue weighted by Crippen LogP contribution is 2.24. The molecule has 2 aromatic rings. The molecule has 0 fully saturated rings. The summed E-state index contributed by atoms with van der Waals surface area (Å²) in [6, 6.07) is 11.3. The first-order valence-electron chi connectivity index (χ1n) is 5.30. The number of ketones is 1. The topological polar surface area (TPSA) is 91.7 Å². The van der Waals surface area contributed by atoms with Crippen LogP contribution in [0.3, 0.4) is 0 Å². The number of hydrogen-bond donors (Lipinski definition) is 2. The number of carbonyl (C=O) groups excluding carboxylic acids is 1. The van der Waals surface area contributed by atoms with Crippen molar-refractivity contribution in [3.05, 3.63) is 59.7 Å². The highest BCUT2D eigenvalue weighted by atomic mass is 32.2. The molecule has 0 saturated carbocycles. The van der Waals surface area contributed by atoms with E-state index < -0.39 is 26.5 Å². The quantitative estimate of drug-likeness (QED) is 0.660. The van der Waals surface area contributed by atoms with Crippen molar-refractivity contribution >= 4 is 15.9 Å². The van der Waals surface area contributed by atoms with Crippen molar-refractivity contribution in [2.45, 2.75) is 4.90 Å². The van der Waals surface area contributed by atoms with Gasteiger partial charge in [0.25, 0.3) is 10.1 Å². The second-order valence-electron chi connectivity index (χ2n) is 3.85. The van der Waals surface area contributed by atoms with Crippen LogP contribution in [0.2, 0.25) is 0 Å². The summed E-state index contributed by atoms with van der Waals surface area (Å²) in [5, 5.41) is 9.69. The van der Waals surface area contributed by atoms with E-state index in [0.29, 0.717) is 5.56 Å². The number of rotatable bonds is 3. The van der Waals surface area contributed by atoms with Crippen LogP contribution in [0.1, 0.15) is 15.9 Å². The lowest BCUT2D eigenvalue weighted by Crippen LogP contribution is -2.03. The van der Waals surface area contributed by atoms with Crippen molar-refractivity contribution in [2.75, 3.05) is 0 Å². The molecule has 0 aliphatic rings. The Morgan fingerprint density at radius 3 is 2.16 bits per heavy atom. The molecule has 0 aliphatic carbocycles. The number of carbonyl (C=O) groups is 1. The van der Waals surface area contributed by atoms with Gasteiger partial charge in [-0.25, -0.2) is 0 Å². The normalized spacial score (nSPS) is 11.2. The average molecular weight is 278 g/mol. The SMILES string of the molecule is O=C(c1ccccc1)c1ccc(S(=O)(=O)O)cc1O. The minimum Gasteiger partial charge on any atom is -0.507 e. The Bertz CT molecular complexity index is 720. The molecule has 2 N–H and O–H groups in total. The van der Waals surface area contributed by atoms with Crippen LogP contribution in [0.25, 0.3) is 0 Å². The number of phenols is 1. The van der Waals surface area contributed by atoms with Crippen LogP contribution in [0, 0.1) is 0 Å². The number of hydrogen-bond acceptors (Lipinski definition) is 4. The Balaban J connectivity index is 2.46. The molecule has 0 bridgehead atoms. The fourth-order valence-electron chi connectivity index (χ4n) is 1.61. The summed E-state index contributed by atoms with van der Waals surface area (Å²) in [5.74, 6) is -0.927. The maximum Gasteiger partial charge on any atom is 0.294 e. The van der Waals surface area contributed by atoms with E-state index in [2.05, 4.69) is 0 Å². The maximum atomic E-state index is 12.1. The van der Waals surface area contributed by atoms with E-state index in [1.165, 1.54) is 0 Å². The summed E-state index contributed by atoms with van der Waals surface area (Å²) < 4.78 is 30.6. The lowest BCUT2D eigenvalue weighted by Gasteiger charge is -2.05. The van der Waals surface area contributed by atoms with Gasteiger partial charge in [-0.2, -0.15) is 8.42 Å². The van der Waals surface area contributed by atoms with Gasteiger partial charge in [0.05, 0.1) is 10.5 Å². The van der Waals surface area contributed by atoms with E-state index in [1.807, 2.05) is 0 Å². The van der Waals surface area contributed by atoms with Gasteiger partial charge in [-0.3, -0.25) is 9.35 Å². The van der Waals surface area contributed by atoms with E-state index in [-0.39, 0.29) is 5.56 Å². The van der Waals surface area contributed by atoms with Crippen molar-refractivity contribution in [3.63, 3.8) is 0 Å². The van der Waals surface area contributed by atoms with Crippen molar-refractivity contribution in [1.82, 2.24) is 0 Å². The molecular formula is C13H10O5S. The van der Waals surface area contributed by atoms with Crippen LogP contribution in [-0.4, -0.2) is 23.9 Å². The Morgan fingerprint density at radius 1 is 1.00 bits per heavy atom. The average Bonchev–Trinajstić information content (AvgIpc) is 2.38. The van der Waals surface area contributed by atoms with Gasteiger partial charge in [0.2, 0.25) is 0 Å². The van der Waals surface area contributed by atoms with Gasteiger partial charge in [0.15, 0.2) is 5.78 Å². The molecule has 6 heteroatoms. The lowest BCUT2D eigenvalue weighted by molar-refractivity contribution is 0.103. The van der Waals surface area contributed by atoms with Crippen LogP contribution in [0.5, 0.6) is 5.75 Å². The molecule has 2 aromatic carbocycles. The lowest BCUT2D eigenvalue weighted by atomic mass is 10.0. The highest BCUT2D eigenvalue weighted by molar-refractivity contribution is 7.85. The number of aromatic hydroxyl groups is 1. The minimum absolute atomic E-state index is 0.0291. The molecule has 0 unspecified atom stereocenters. The summed E-state index contributed by atoms with van der Waals surface area (Å²) in [6.45, 7) is 0. The molecule has 0 radical (unpaired) electrons. The molecule has 0 atom stereocenters. The molecular weight excluding hydrogens is 268 g/mol. The molecule has 5 nitrogen and oxygen atoms in total. The third kappa shape index (κ3) is 2.81. The van der Waals surface area contributed by atoms with Gasteiger partial charge in [-0.1, -0.05) is 30.3 Å². The molecule has 98 valence electrons. The number of benzene rings is 2. The van der Waals surface area contributed by atoms with E-state index in [0.717, 1.165) is 18.2 Å². The van der Waals surface area contributed by atoms with Crippen molar-refractivity contribution < 1.29 is 22.9 Å². The third-order valence-corrected chi connectivity index (χ3v) is 3.40. The van der Waals surface area contributed by atoms with Crippen molar-refractivity contribution in [3.8, 4) is 5.75 Å². The standard InChI is InChI=1S/C13H10O5S/c14-12-8-10(19(16,17)18)6-7-11(12)13(15)9-4-2-1-3-5-9/h1-8,14H,(H,16,17,18). The minimum atomic E-state index is -4.40. The van der Waals surface area contributed by atoms with Gasteiger partial charge in [0, 0.05) is 11.6 Å². The van der Waals surface area contributed by atoms with Crippen LogP contribution in [0.4, 0.5) is 0 Å². The summed E-state index contributed by atoms with van der Waals surface area (Å²) in [4.78, 5) is 11.6.